The van der Waals surface area contributed by atoms with Crippen LogP contribution in [0.15, 0.2) is 24.3 Å². The summed E-state index contributed by atoms with van der Waals surface area (Å²) in [5.74, 6) is -0.0498. The molecule has 0 unspecified atom stereocenters. The fraction of sp³-hybridized carbons (Fsp3) is 0.467. The Labute approximate surface area is 113 Å². The second-order valence-corrected chi connectivity index (χ2v) is 5.15. The summed E-state index contributed by atoms with van der Waals surface area (Å²) in [6.07, 6.45) is 0.396. The van der Waals surface area contributed by atoms with Crippen molar-refractivity contribution in [2.75, 3.05) is 6.61 Å². The highest BCUT2D eigenvalue weighted by Gasteiger charge is 2.17. The number of esters is 1. The highest BCUT2D eigenvalue weighted by Crippen LogP contribution is 2.19. The normalized spacial score (nSPS) is 10.9. The predicted octanol–water partition coefficient (Wildman–Crippen LogP) is 3.00. The topological polar surface area (TPSA) is 52.6 Å². The number of hydrogen-bond donors (Lipinski definition) is 0. The zero-order valence-electron chi connectivity index (χ0n) is 11.9. The largest absolute Gasteiger partial charge is 0.481 e. The van der Waals surface area contributed by atoms with Gasteiger partial charge in [-0.05, 0) is 32.9 Å². The Morgan fingerprint density at radius 1 is 1.16 bits per heavy atom. The van der Waals surface area contributed by atoms with E-state index in [1.54, 1.807) is 52.0 Å². The molecule has 0 heterocycles. The number of rotatable bonds is 5. The first kappa shape index (κ1) is 15.2. The summed E-state index contributed by atoms with van der Waals surface area (Å²) in [6.45, 7) is 6.95. The van der Waals surface area contributed by atoms with E-state index in [1.807, 2.05) is 0 Å². The minimum atomic E-state index is -0.542. The summed E-state index contributed by atoms with van der Waals surface area (Å²) >= 11 is 0. The lowest BCUT2D eigenvalue weighted by atomic mass is 10.1. The molecule has 104 valence electrons. The molecule has 0 aliphatic rings. The van der Waals surface area contributed by atoms with Crippen LogP contribution in [0.1, 0.15) is 44.5 Å². The number of benzene rings is 1. The first-order valence-corrected chi connectivity index (χ1v) is 6.30. The van der Waals surface area contributed by atoms with Crippen molar-refractivity contribution in [1.82, 2.24) is 0 Å². The molecule has 0 aliphatic heterocycles. The maximum absolute atomic E-state index is 11.7. The number of para-hydroxylation sites is 1. The average molecular weight is 264 g/mol. The lowest BCUT2D eigenvalue weighted by Gasteiger charge is -2.19. The molecule has 0 atom stereocenters. The molecule has 0 N–H and O–H groups in total. The van der Waals surface area contributed by atoms with Crippen molar-refractivity contribution in [3.8, 4) is 5.75 Å². The second kappa shape index (κ2) is 6.36. The third-order valence-electron chi connectivity index (χ3n) is 2.27. The molecule has 0 saturated heterocycles. The lowest BCUT2D eigenvalue weighted by molar-refractivity contribution is -0.157. The van der Waals surface area contributed by atoms with Gasteiger partial charge in [-0.1, -0.05) is 19.1 Å². The molecule has 1 aromatic carbocycles. The molecule has 4 heteroatoms. The molecule has 0 radical (unpaired) electrons. The molecule has 0 amide bonds. The van der Waals surface area contributed by atoms with E-state index < -0.39 is 11.6 Å². The molecule has 0 spiro atoms. The molecular weight excluding hydrogens is 244 g/mol. The molecule has 1 rings (SSSR count). The zero-order chi connectivity index (χ0) is 14.5. The van der Waals surface area contributed by atoms with Crippen LogP contribution in [0.3, 0.4) is 0 Å². The van der Waals surface area contributed by atoms with E-state index in [0.29, 0.717) is 17.7 Å². The number of carbonyl (C=O) groups excluding carboxylic acids is 2. The molecule has 4 nitrogen and oxygen atoms in total. The standard InChI is InChI=1S/C15H20O4/c1-5-12(16)11-8-6-7-9-13(11)18-10-14(17)19-15(2,3)4/h6-9H,5,10H2,1-4H3. The molecular formula is C15H20O4. The van der Waals surface area contributed by atoms with Crippen LogP contribution >= 0.6 is 0 Å². The number of hydrogen-bond acceptors (Lipinski definition) is 4. The third kappa shape index (κ3) is 5.12. The second-order valence-electron chi connectivity index (χ2n) is 5.15. The van der Waals surface area contributed by atoms with Gasteiger partial charge in [-0.3, -0.25) is 4.79 Å². The van der Waals surface area contributed by atoms with Gasteiger partial charge in [0.1, 0.15) is 11.4 Å². The number of ketones is 1. The Morgan fingerprint density at radius 2 is 1.79 bits per heavy atom. The minimum Gasteiger partial charge on any atom is -0.481 e. The fourth-order valence-electron chi connectivity index (χ4n) is 1.52. The summed E-state index contributed by atoms with van der Waals surface area (Å²) in [5, 5.41) is 0. The Kier molecular flexibility index (Phi) is 5.10. The van der Waals surface area contributed by atoms with Crippen molar-refractivity contribution in [3.63, 3.8) is 0 Å². The SMILES string of the molecule is CCC(=O)c1ccccc1OCC(=O)OC(C)(C)C. The van der Waals surface area contributed by atoms with Gasteiger partial charge in [0, 0.05) is 6.42 Å². The van der Waals surface area contributed by atoms with Crippen molar-refractivity contribution in [2.45, 2.75) is 39.7 Å². The lowest BCUT2D eigenvalue weighted by Crippen LogP contribution is -2.27. The van der Waals surface area contributed by atoms with Crippen LogP contribution in [0, 0.1) is 0 Å². The van der Waals surface area contributed by atoms with Gasteiger partial charge in [0.05, 0.1) is 5.56 Å². The quantitative estimate of drug-likeness (QED) is 0.606. The molecule has 0 bridgehead atoms. The van der Waals surface area contributed by atoms with Gasteiger partial charge in [-0.2, -0.15) is 0 Å². The van der Waals surface area contributed by atoms with Gasteiger partial charge in [0.2, 0.25) is 0 Å². The monoisotopic (exact) mass is 264 g/mol. The summed E-state index contributed by atoms with van der Waals surface area (Å²) in [5.41, 5.74) is -0.0484. The predicted molar refractivity (Wildman–Crippen MR) is 72.4 cm³/mol. The van der Waals surface area contributed by atoms with Crippen molar-refractivity contribution in [2.24, 2.45) is 0 Å². The van der Waals surface area contributed by atoms with Gasteiger partial charge in [-0.25, -0.2) is 4.79 Å². The highest BCUT2D eigenvalue weighted by atomic mass is 16.6. The van der Waals surface area contributed by atoms with Crippen molar-refractivity contribution < 1.29 is 19.1 Å². The molecule has 0 fully saturated rings. The first-order valence-electron chi connectivity index (χ1n) is 6.30. The van der Waals surface area contributed by atoms with E-state index in [-0.39, 0.29) is 12.4 Å². The Balaban J connectivity index is 2.68. The van der Waals surface area contributed by atoms with Crippen LogP contribution in [0.2, 0.25) is 0 Å². The van der Waals surface area contributed by atoms with Gasteiger partial charge in [-0.15, -0.1) is 0 Å². The average Bonchev–Trinajstić information content (AvgIpc) is 2.33. The summed E-state index contributed by atoms with van der Waals surface area (Å²) < 4.78 is 10.5. The zero-order valence-corrected chi connectivity index (χ0v) is 11.9. The third-order valence-corrected chi connectivity index (χ3v) is 2.27. The Morgan fingerprint density at radius 3 is 2.37 bits per heavy atom. The van der Waals surface area contributed by atoms with Gasteiger partial charge in [0.25, 0.3) is 0 Å². The van der Waals surface area contributed by atoms with E-state index in [0.717, 1.165) is 0 Å². The van der Waals surface area contributed by atoms with Gasteiger partial charge in [0.15, 0.2) is 12.4 Å². The summed E-state index contributed by atoms with van der Waals surface area (Å²) in [4.78, 5) is 23.3. The fourth-order valence-corrected chi connectivity index (χ4v) is 1.52. The van der Waals surface area contributed by atoms with Crippen LogP contribution in [0.4, 0.5) is 0 Å². The van der Waals surface area contributed by atoms with Crippen LogP contribution in [0.5, 0.6) is 5.75 Å². The smallest absolute Gasteiger partial charge is 0.344 e. The molecule has 0 aliphatic carbocycles. The Bertz CT molecular complexity index is 457. The van der Waals surface area contributed by atoms with E-state index in [1.165, 1.54) is 0 Å². The molecule has 0 saturated carbocycles. The van der Waals surface area contributed by atoms with Crippen LogP contribution < -0.4 is 4.74 Å². The van der Waals surface area contributed by atoms with E-state index in [2.05, 4.69) is 0 Å². The summed E-state index contributed by atoms with van der Waals surface area (Å²) in [6, 6.07) is 6.89. The number of ether oxygens (including phenoxy) is 2. The number of Topliss-reactive ketones (excluding diaryl/α,β-unsaturated/α-hetero) is 1. The Hall–Kier alpha value is -1.84. The highest BCUT2D eigenvalue weighted by molar-refractivity contribution is 5.98. The van der Waals surface area contributed by atoms with E-state index >= 15 is 0 Å². The van der Waals surface area contributed by atoms with E-state index in [4.69, 9.17) is 9.47 Å². The summed E-state index contributed by atoms with van der Waals surface area (Å²) in [7, 11) is 0. The van der Waals surface area contributed by atoms with Crippen LogP contribution in [-0.4, -0.2) is 24.0 Å². The van der Waals surface area contributed by atoms with E-state index in [9.17, 15) is 9.59 Å². The maximum Gasteiger partial charge on any atom is 0.344 e. The first-order chi connectivity index (χ1) is 8.83. The minimum absolute atomic E-state index is 0.0141. The molecule has 0 aromatic heterocycles. The number of carbonyl (C=O) groups is 2. The van der Waals surface area contributed by atoms with Crippen molar-refractivity contribution in [3.05, 3.63) is 29.8 Å². The molecule has 1 aromatic rings. The van der Waals surface area contributed by atoms with Crippen molar-refractivity contribution in [1.29, 1.82) is 0 Å². The molecule has 19 heavy (non-hydrogen) atoms. The maximum atomic E-state index is 11.7. The van der Waals surface area contributed by atoms with Gasteiger partial charge >= 0.3 is 5.97 Å². The van der Waals surface area contributed by atoms with Crippen LogP contribution in [0.25, 0.3) is 0 Å². The van der Waals surface area contributed by atoms with Crippen LogP contribution in [-0.2, 0) is 9.53 Å². The van der Waals surface area contributed by atoms with Crippen molar-refractivity contribution >= 4 is 11.8 Å². The van der Waals surface area contributed by atoms with Gasteiger partial charge < -0.3 is 9.47 Å².